The van der Waals surface area contributed by atoms with Crippen LogP contribution in [-0.2, 0) is 0 Å². The third-order valence-corrected chi connectivity index (χ3v) is 7.85. The van der Waals surface area contributed by atoms with Gasteiger partial charge in [0, 0.05) is 5.54 Å². The minimum Gasteiger partial charge on any atom is -0.394 e. The normalized spacial score (nSPS) is 12.0. The average Bonchev–Trinajstić information content (AvgIpc) is 2.85. The Morgan fingerprint density at radius 2 is 0.706 bits per heavy atom. The van der Waals surface area contributed by atoms with Crippen molar-refractivity contribution in [3.05, 3.63) is 0 Å². The predicted molar refractivity (Wildman–Crippen MR) is 155 cm³/mol. The lowest BCUT2D eigenvalue weighted by Gasteiger charge is -2.34. The Balaban J connectivity index is 4.22. The van der Waals surface area contributed by atoms with Gasteiger partial charge in [0.2, 0.25) is 0 Å². The van der Waals surface area contributed by atoms with Gasteiger partial charge in [0.1, 0.15) is 0 Å². The molecule has 0 saturated heterocycles. The summed E-state index contributed by atoms with van der Waals surface area (Å²) in [6, 6.07) is 0. The van der Waals surface area contributed by atoms with Crippen LogP contribution in [0.25, 0.3) is 0 Å². The largest absolute Gasteiger partial charge is 0.394 e. The Morgan fingerprint density at radius 3 is 1.03 bits per heavy atom. The van der Waals surface area contributed by atoms with Gasteiger partial charge in [0.15, 0.2) is 0 Å². The smallest absolute Gasteiger partial charge is 0.0613 e. The van der Waals surface area contributed by atoms with Gasteiger partial charge < -0.3 is 10.4 Å². The molecule has 2 nitrogen and oxygen atoms in total. The van der Waals surface area contributed by atoms with Crippen LogP contribution >= 0.6 is 0 Å². The van der Waals surface area contributed by atoms with E-state index in [1.54, 1.807) is 0 Å². The molecule has 0 aromatic carbocycles. The van der Waals surface area contributed by atoms with E-state index in [1.807, 2.05) is 0 Å². The Hall–Kier alpha value is -0.0800. The summed E-state index contributed by atoms with van der Waals surface area (Å²) >= 11 is 0. The Kier molecular flexibility index (Phi) is 27.4. The summed E-state index contributed by atoms with van der Waals surface area (Å²) in [4.78, 5) is 0. The lowest BCUT2D eigenvalue weighted by Crippen LogP contribution is -2.49. The van der Waals surface area contributed by atoms with Gasteiger partial charge in [-0.15, -0.1) is 0 Å². The third kappa shape index (κ3) is 22.4. The van der Waals surface area contributed by atoms with Crippen LogP contribution < -0.4 is 5.32 Å². The van der Waals surface area contributed by atoms with E-state index >= 15 is 0 Å². The minimum atomic E-state index is -0.0223. The van der Waals surface area contributed by atoms with Gasteiger partial charge in [-0.2, -0.15) is 0 Å². The van der Waals surface area contributed by atoms with Crippen LogP contribution in [-0.4, -0.2) is 23.8 Å². The quantitative estimate of drug-likeness (QED) is 0.104. The van der Waals surface area contributed by atoms with Gasteiger partial charge in [-0.3, -0.25) is 0 Å². The fourth-order valence-electron chi connectivity index (χ4n) is 5.32. The van der Waals surface area contributed by atoms with E-state index in [4.69, 9.17) is 0 Å². The standard InChI is InChI=1S/C32H67NO/c1-4-7-10-13-16-19-22-25-28-32(31-34,29-26-23-20-17-14-11-8-5-2)33-30-27-24-21-18-15-12-9-6-3/h33-34H,4-31H2,1-3H3. The molecular weight excluding hydrogens is 414 g/mol. The zero-order valence-corrected chi connectivity index (χ0v) is 24.2. The lowest BCUT2D eigenvalue weighted by molar-refractivity contribution is 0.135. The van der Waals surface area contributed by atoms with E-state index in [0.29, 0.717) is 6.61 Å². The highest BCUT2D eigenvalue weighted by atomic mass is 16.3. The van der Waals surface area contributed by atoms with Crippen molar-refractivity contribution in [3.8, 4) is 0 Å². The zero-order valence-electron chi connectivity index (χ0n) is 24.2. The first-order valence-corrected chi connectivity index (χ1v) is 16.1. The van der Waals surface area contributed by atoms with Gasteiger partial charge in [0.25, 0.3) is 0 Å². The van der Waals surface area contributed by atoms with Crippen molar-refractivity contribution < 1.29 is 5.11 Å². The van der Waals surface area contributed by atoms with Crippen molar-refractivity contribution in [2.45, 2.75) is 193 Å². The molecule has 0 aliphatic rings. The molecule has 2 N–H and O–H groups in total. The van der Waals surface area contributed by atoms with E-state index in [9.17, 15) is 5.11 Å². The van der Waals surface area contributed by atoms with Crippen molar-refractivity contribution in [1.29, 1.82) is 0 Å². The number of aliphatic hydroxyl groups is 1. The summed E-state index contributed by atoms with van der Waals surface area (Å²) in [5.74, 6) is 0. The molecule has 0 bridgehead atoms. The maximum atomic E-state index is 10.4. The number of rotatable bonds is 29. The van der Waals surface area contributed by atoms with Crippen molar-refractivity contribution in [2.24, 2.45) is 0 Å². The zero-order chi connectivity index (χ0) is 25.0. The van der Waals surface area contributed by atoms with E-state index in [0.717, 1.165) is 19.4 Å². The molecule has 0 spiro atoms. The maximum Gasteiger partial charge on any atom is 0.0613 e. The van der Waals surface area contributed by atoms with Crippen LogP contribution in [0.3, 0.4) is 0 Å². The summed E-state index contributed by atoms with van der Waals surface area (Å²) < 4.78 is 0. The summed E-state index contributed by atoms with van der Waals surface area (Å²) in [5, 5.41) is 14.3. The molecule has 0 radical (unpaired) electrons. The van der Waals surface area contributed by atoms with Crippen molar-refractivity contribution in [3.63, 3.8) is 0 Å². The first-order chi connectivity index (χ1) is 16.7. The average molecular weight is 482 g/mol. The van der Waals surface area contributed by atoms with E-state index in [2.05, 4.69) is 26.1 Å². The highest BCUT2D eigenvalue weighted by Gasteiger charge is 2.27. The Labute approximate surface area is 216 Å². The molecule has 0 aliphatic heterocycles. The van der Waals surface area contributed by atoms with Crippen molar-refractivity contribution >= 4 is 0 Å². The molecular formula is C32H67NO. The molecule has 2 heteroatoms. The second-order valence-corrected chi connectivity index (χ2v) is 11.3. The highest BCUT2D eigenvalue weighted by molar-refractivity contribution is 4.87. The Bertz CT molecular complexity index is 350. The minimum absolute atomic E-state index is 0.0223. The lowest BCUT2D eigenvalue weighted by atomic mass is 9.86. The molecule has 0 heterocycles. The fraction of sp³-hybridized carbons (Fsp3) is 1.00. The number of nitrogens with one attached hydrogen (secondary N) is 1. The van der Waals surface area contributed by atoms with E-state index < -0.39 is 0 Å². The molecule has 206 valence electrons. The van der Waals surface area contributed by atoms with Crippen LogP contribution in [0.1, 0.15) is 188 Å². The first-order valence-electron chi connectivity index (χ1n) is 16.1. The molecule has 0 aliphatic carbocycles. The number of hydrogen-bond acceptors (Lipinski definition) is 2. The SMILES string of the molecule is CCCCCCCCCCNC(CO)(CCCCCCCCCC)CCCCCCCCCC. The third-order valence-electron chi connectivity index (χ3n) is 7.85. The molecule has 0 saturated carbocycles. The molecule has 0 unspecified atom stereocenters. The van der Waals surface area contributed by atoms with Crippen molar-refractivity contribution in [1.82, 2.24) is 5.32 Å². The van der Waals surface area contributed by atoms with Gasteiger partial charge in [0.05, 0.1) is 6.61 Å². The molecule has 0 amide bonds. The van der Waals surface area contributed by atoms with Crippen LogP contribution in [0.5, 0.6) is 0 Å². The monoisotopic (exact) mass is 482 g/mol. The van der Waals surface area contributed by atoms with Crippen molar-refractivity contribution in [2.75, 3.05) is 13.2 Å². The molecule has 0 atom stereocenters. The fourth-order valence-corrected chi connectivity index (χ4v) is 5.32. The summed E-state index contributed by atoms with van der Waals surface area (Å²) in [6.45, 7) is 8.28. The molecule has 34 heavy (non-hydrogen) atoms. The number of hydrogen-bond donors (Lipinski definition) is 2. The predicted octanol–water partition coefficient (Wildman–Crippen LogP) is 10.5. The van der Waals surface area contributed by atoms with Gasteiger partial charge in [-0.1, -0.05) is 168 Å². The highest BCUT2D eigenvalue weighted by Crippen LogP contribution is 2.24. The Morgan fingerprint density at radius 1 is 0.412 bits per heavy atom. The first kappa shape index (κ1) is 33.9. The van der Waals surface area contributed by atoms with E-state index in [1.165, 1.54) is 154 Å². The van der Waals surface area contributed by atoms with Gasteiger partial charge in [-0.25, -0.2) is 0 Å². The summed E-state index contributed by atoms with van der Waals surface area (Å²) in [7, 11) is 0. The van der Waals surface area contributed by atoms with Crippen LogP contribution in [0.15, 0.2) is 0 Å². The second kappa shape index (κ2) is 27.5. The number of unbranched alkanes of at least 4 members (excludes halogenated alkanes) is 21. The van der Waals surface area contributed by atoms with E-state index in [-0.39, 0.29) is 5.54 Å². The van der Waals surface area contributed by atoms with Crippen LogP contribution in [0.4, 0.5) is 0 Å². The molecule has 0 aromatic heterocycles. The summed E-state index contributed by atoms with van der Waals surface area (Å²) in [6.07, 6.45) is 35.2. The molecule has 0 aromatic rings. The maximum absolute atomic E-state index is 10.4. The molecule has 0 fully saturated rings. The van der Waals surface area contributed by atoms with Crippen LogP contribution in [0.2, 0.25) is 0 Å². The topological polar surface area (TPSA) is 32.3 Å². The molecule has 0 rings (SSSR count). The second-order valence-electron chi connectivity index (χ2n) is 11.3. The van der Waals surface area contributed by atoms with Crippen LogP contribution in [0, 0.1) is 0 Å². The van der Waals surface area contributed by atoms with Gasteiger partial charge >= 0.3 is 0 Å². The van der Waals surface area contributed by atoms with Gasteiger partial charge in [-0.05, 0) is 25.8 Å². The summed E-state index contributed by atoms with van der Waals surface area (Å²) in [5.41, 5.74) is -0.0223. The number of aliphatic hydroxyl groups excluding tert-OH is 1.